The van der Waals surface area contributed by atoms with Gasteiger partial charge in [0.05, 0.1) is 6.61 Å². The van der Waals surface area contributed by atoms with E-state index < -0.39 is 7.92 Å². The van der Waals surface area contributed by atoms with Crippen LogP contribution in [0.3, 0.4) is 0 Å². The Morgan fingerprint density at radius 2 is 1.33 bits per heavy atom. The third-order valence-corrected chi connectivity index (χ3v) is 6.08. The van der Waals surface area contributed by atoms with E-state index in [0.717, 1.165) is 6.42 Å². The van der Waals surface area contributed by atoms with Crippen molar-refractivity contribution in [3.63, 3.8) is 0 Å². The topological polar surface area (TPSA) is 20.2 Å². The van der Waals surface area contributed by atoms with Crippen molar-refractivity contribution in [3.8, 4) is 0 Å². The highest BCUT2D eigenvalue weighted by Gasteiger charge is 2.22. The highest BCUT2D eigenvalue weighted by Crippen LogP contribution is 2.40. The first-order chi connectivity index (χ1) is 8.86. The highest BCUT2D eigenvalue weighted by atomic mass is 31.1. The largest absolute Gasteiger partial charge is 0.396 e. The number of aliphatic hydroxyl groups is 1. The summed E-state index contributed by atoms with van der Waals surface area (Å²) in [6.07, 6.45) is 1.01. The van der Waals surface area contributed by atoms with Gasteiger partial charge in [-0.05, 0) is 25.0 Å². The van der Waals surface area contributed by atoms with Crippen LogP contribution in [0.4, 0.5) is 0 Å². The zero-order chi connectivity index (χ0) is 12.8. The van der Waals surface area contributed by atoms with Crippen molar-refractivity contribution < 1.29 is 5.11 Å². The highest BCUT2D eigenvalue weighted by molar-refractivity contribution is 7.73. The summed E-state index contributed by atoms with van der Waals surface area (Å²) >= 11 is 0. The minimum atomic E-state index is -0.465. The van der Waals surface area contributed by atoms with Gasteiger partial charge in [0.1, 0.15) is 0 Å². The third-order valence-electron chi connectivity index (χ3n) is 3.12. The minimum Gasteiger partial charge on any atom is -0.396 e. The molecular weight excluding hydrogens is 239 g/mol. The Labute approximate surface area is 110 Å². The monoisotopic (exact) mass is 258 g/mol. The molecule has 2 aromatic carbocycles. The molecule has 0 spiro atoms. The molecule has 18 heavy (non-hydrogen) atoms. The quantitative estimate of drug-likeness (QED) is 0.818. The maximum absolute atomic E-state index is 9.64. The van der Waals surface area contributed by atoms with Crippen molar-refractivity contribution in [2.45, 2.75) is 19.0 Å². The Hall–Kier alpha value is -1.17. The molecule has 0 aromatic heterocycles. The lowest BCUT2D eigenvalue weighted by molar-refractivity contribution is 0.291. The van der Waals surface area contributed by atoms with Crippen molar-refractivity contribution in [2.24, 2.45) is 0 Å². The molecule has 0 saturated carbocycles. The van der Waals surface area contributed by atoms with Gasteiger partial charge < -0.3 is 5.11 Å². The number of rotatable bonds is 5. The summed E-state index contributed by atoms with van der Waals surface area (Å²) in [6, 6.07) is 21.1. The van der Waals surface area contributed by atoms with Gasteiger partial charge >= 0.3 is 0 Å². The van der Waals surface area contributed by atoms with Crippen molar-refractivity contribution in [1.29, 1.82) is 0 Å². The molecule has 0 aliphatic heterocycles. The van der Waals surface area contributed by atoms with Gasteiger partial charge in [0.15, 0.2) is 0 Å². The van der Waals surface area contributed by atoms with Crippen LogP contribution in [0, 0.1) is 0 Å². The smallest absolute Gasteiger partial charge is 0.0504 e. The molecule has 2 rings (SSSR count). The second-order valence-corrected chi connectivity index (χ2v) is 6.79. The van der Waals surface area contributed by atoms with Gasteiger partial charge in [0.2, 0.25) is 0 Å². The maximum Gasteiger partial charge on any atom is 0.0504 e. The number of aliphatic hydroxyl groups excluding tert-OH is 1. The van der Waals surface area contributed by atoms with Crippen LogP contribution in [0.2, 0.25) is 0 Å². The molecule has 0 heterocycles. The summed E-state index contributed by atoms with van der Waals surface area (Å²) in [5.74, 6) is 0. The Morgan fingerprint density at radius 1 is 0.889 bits per heavy atom. The van der Waals surface area contributed by atoms with Crippen LogP contribution in [-0.2, 0) is 0 Å². The van der Waals surface area contributed by atoms with Gasteiger partial charge in [0, 0.05) is 5.66 Å². The molecule has 0 amide bonds. The normalized spacial score (nSPS) is 12.6. The van der Waals surface area contributed by atoms with Crippen molar-refractivity contribution in [3.05, 3.63) is 60.7 Å². The second kappa shape index (κ2) is 6.68. The van der Waals surface area contributed by atoms with Crippen LogP contribution >= 0.6 is 7.92 Å². The summed E-state index contributed by atoms with van der Waals surface area (Å²) in [5.41, 5.74) is 0.338. The summed E-state index contributed by atoms with van der Waals surface area (Å²) < 4.78 is 0. The lowest BCUT2D eigenvalue weighted by Gasteiger charge is -2.26. The predicted molar refractivity (Wildman–Crippen MR) is 80.2 cm³/mol. The Balaban J connectivity index is 2.41. The first-order valence-corrected chi connectivity index (χ1v) is 7.78. The molecule has 0 radical (unpaired) electrons. The van der Waals surface area contributed by atoms with Crippen molar-refractivity contribution >= 4 is 18.5 Å². The van der Waals surface area contributed by atoms with Crippen LogP contribution in [0.5, 0.6) is 0 Å². The molecule has 0 fully saturated rings. The third kappa shape index (κ3) is 2.98. The van der Waals surface area contributed by atoms with E-state index in [4.69, 9.17) is 0 Å². The van der Waals surface area contributed by atoms with E-state index in [1.807, 2.05) is 12.1 Å². The maximum atomic E-state index is 9.64. The van der Waals surface area contributed by atoms with Crippen LogP contribution in [0.25, 0.3) is 0 Å². The number of hydrogen-bond acceptors (Lipinski definition) is 1. The van der Waals surface area contributed by atoms with Crippen LogP contribution in [0.1, 0.15) is 13.3 Å². The van der Waals surface area contributed by atoms with Gasteiger partial charge in [-0.2, -0.15) is 0 Å². The fraction of sp³-hybridized carbons (Fsp3) is 0.250. The molecule has 1 atom stereocenters. The standard InChI is InChI=1S/C16H19OP/c1-2-14(13-17)18(15-9-5-3-6-10-15)16-11-7-4-8-12-16/h3-12,14,17H,2,13H2,1H3/t14-/m1/s1. The molecule has 0 bridgehead atoms. The Bertz CT molecular complexity index is 412. The van der Waals surface area contributed by atoms with Crippen molar-refractivity contribution in [2.75, 3.05) is 6.61 Å². The summed E-state index contributed by atoms with van der Waals surface area (Å²) in [4.78, 5) is 0. The minimum absolute atomic E-state index is 0.256. The molecular formula is C16H19OP. The number of benzene rings is 2. The van der Waals surface area contributed by atoms with Gasteiger partial charge in [-0.1, -0.05) is 67.6 Å². The average molecular weight is 258 g/mol. The number of hydrogen-bond donors (Lipinski definition) is 1. The first kappa shape index (κ1) is 13.3. The van der Waals surface area contributed by atoms with Crippen molar-refractivity contribution in [1.82, 2.24) is 0 Å². The molecule has 1 nitrogen and oxygen atoms in total. The second-order valence-electron chi connectivity index (χ2n) is 4.29. The van der Waals surface area contributed by atoms with Gasteiger partial charge in [0.25, 0.3) is 0 Å². The van der Waals surface area contributed by atoms with E-state index in [0.29, 0.717) is 5.66 Å². The Kier molecular flexibility index (Phi) is 4.92. The SMILES string of the molecule is CC[C@H](CO)P(c1ccccc1)c1ccccc1. The molecule has 0 saturated heterocycles. The molecule has 94 valence electrons. The lowest BCUT2D eigenvalue weighted by Crippen LogP contribution is -2.23. The predicted octanol–water partition coefficient (Wildman–Crippen LogP) is 2.89. The van der Waals surface area contributed by atoms with E-state index in [9.17, 15) is 5.11 Å². The fourth-order valence-corrected chi connectivity index (χ4v) is 4.80. The van der Waals surface area contributed by atoms with E-state index >= 15 is 0 Å². The summed E-state index contributed by atoms with van der Waals surface area (Å²) in [7, 11) is -0.465. The van der Waals surface area contributed by atoms with Crippen LogP contribution < -0.4 is 10.6 Å². The van der Waals surface area contributed by atoms with E-state index in [-0.39, 0.29) is 6.61 Å². The van der Waals surface area contributed by atoms with E-state index in [1.165, 1.54) is 10.6 Å². The van der Waals surface area contributed by atoms with Gasteiger partial charge in [-0.3, -0.25) is 0 Å². The molecule has 1 N–H and O–H groups in total. The van der Waals surface area contributed by atoms with E-state index in [2.05, 4.69) is 55.5 Å². The van der Waals surface area contributed by atoms with Gasteiger partial charge in [-0.15, -0.1) is 0 Å². The Morgan fingerprint density at radius 3 is 1.67 bits per heavy atom. The first-order valence-electron chi connectivity index (χ1n) is 6.37. The van der Waals surface area contributed by atoms with Gasteiger partial charge in [-0.25, -0.2) is 0 Å². The van der Waals surface area contributed by atoms with E-state index in [1.54, 1.807) is 0 Å². The molecule has 0 aliphatic carbocycles. The molecule has 2 heteroatoms. The molecule has 0 unspecified atom stereocenters. The molecule has 2 aromatic rings. The zero-order valence-electron chi connectivity index (χ0n) is 10.7. The zero-order valence-corrected chi connectivity index (χ0v) is 11.6. The molecule has 0 aliphatic rings. The van der Waals surface area contributed by atoms with Crippen LogP contribution in [-0.4, -0.2) is 17.4 Å². The average Bonchev–Trinajstić information content (AvgIpc) is 2.46. The van der Waals surface area contributed by atoms with Crippen LogP contribution in [0.15, 0.2) is 60.7 Å². The summed E-state index contributed by atoms with van der Waals surface area (Å²) in [5, 5.41) is 12.3. The fourth-order valence-electron chi connectivity index (χ4n) is 2.14. The summed E-state index contributed by atoms with van der Waals surface area (Å²) in [6.45, 7) is 2.41. The lowest BCUT2D eigenvalue weighted by atomic mass is 10.3.